The van der Waals surface area contributed by atoms with Gasteiger partial charge in [-0.25, -0.2) is 0 Å². The Morgan fingerprint density at radius 3 is 2.72 bits per heavy atom. The van der Waals surface area contributed by atoms with Crippen molar-refractivity contribution in [2.75, 3.05) is 17.7 Å². The van der Waals surface area contributed by atoms with Gasteiger partial charge in [0.25, 0.3) is 5.91 Å². The molecule has 0 unspecified atom stereocenters. The van der Waals surface area contributed by atoms with E-state index in [2.05, 4.69) is 10.6 Å². The highest BCUT2D eigenvalue weighted by molar-refractivity contribution is 7.17. The maximum absolute atomic E-state index is 13.0. The lowest BCUT2D eigenvalue weighted by atomic mass is 10.0. The van der Waals surface area contributed by atoms with Crippen LogP contribution < -0.4 is 15.4 Å². The number of rotatable bonds is 8. The Labute approximate surface area is 173 Å². The van der Waals surface area contributed by atoms with Crippen molar-refractivity contribution >= 4 is 39.8 Å². The third-order valence-corrected chi connectivity index (χ3v) is 5.99. The predicted molar refractivity (Wildman–Crippen MR) is 112 cm³/mol. The molecule has 0 saturated carbocycles. The monoisotopic (exact) mass is 416 g/mol. The number of aryl methyl sites for hydroxylation is 1. The molecular weight excluding hydrogens is 392 g/mol. The van der Waals surface area contributed by atoms with E-state index < -0.39 is 5.97 Å². The number of methoxy groups -OCH3 is 1. The summed E-state index contributed by atoms with van der Waals surface area (Å²) < 4.78 is 5.19. The van der Waals surface area contributed by atoms with Gasteiger partial charge in [0.15, 0.2) is 0 Å². The number of hydrogen-bond donors (Lipinski definition) is 3. The van der Waals surface area contributed by atoms with Crippen LogP contribution in [0.15, 0.2) is 24.3 Å². The number of carbonyl (C=O) groups is 3. The lowest BCUT2D eigenvalue weighted by Crippen LogP contribution is -2.20. The van der Waals surface area contributed by atoms with Crippen LogP contribution in [0, 0.1) is 5.92 Å². The number of fused-ring (bicyclic) bond motifs is 1. The molecule has 0 bridgehead atoms. The zero-order chi connectivity index (χ0) is 21.0. The molecule has 3 N–H and O–H groups in total. The van der Waals surface area contributed by atoms with Crippen LogP contribution in [0.25, 0.3) is 0 Å². The van der Waals surface area contributed by atoms with Gasteiger partial charge < -0.3 is 20.5 Å². The van der Waals surface area contributed by atoms with Crippen molar-refractivity contribution in [3.8, 4) is 5.75 Å². The third kappa shape index (κ3) is 5.14. The van der Waals surface area contributed by atoms with Gasteiger partial charge in [-0.2, -0.15) is 0 Å². The van der Waals surface area contributed by atoms with E-state index in [1.807, 2.05) is 0 Å². The molecule has 1 aliphatic carbocycles. The SMILES string of the molecule is COc1cccc(NC(=O)c2c(NC(=O)C[C@H](C)CC(=O)O)sc3c2CCC3)c1. The fourth-order valence-corrected chi connectivity index (χ4v) is 4.79. The maximum Gasteiger partial charge on any atom is 0.303 e. The van der Waals surface area contributed by atoms with Crippen molar-refractivity contribution in [3.05, 3.63) is 40.3 Å². The highest BCUT2D eigenvalue weighted by Gasteiger charge is 2.28. The molecule has 154 valence electrons. The lowest BCUT2D eigenvalue weighted by Gasteiger charge is -2.12. The van der Waals surface area contributed by atoms with Crippen LogP contribution in [-0.4, -0.2) is 30.0 Å². The molecule has 1 aromatic heterocycles. The van der Waals surface area contributed by atoms with E-state index in [1.165, 1.54) is 11.3 Å². The van der Waals surface area contributed by atoms with E-state index in [4.69, 9.17) is 9.84 Å². The molecule has 0 spiro atoms. The number of ether oxygens (including phenoxy) is 1. The second-order valence-electron chi connectivity index (χ2n) is 7.20. The van der Waals surface area contributed by atoms with Crippen LogP contribution >= 0.6 is 11.3 Å². The third-order valence-electron chi connectivity index (χ3n) is 4.79. The average molecular weight is 416 g/mol. The molecule has 1 heterocycles. The van der Waals surface area contributed by atoms with Crippen LogP contribution in [-0.2, 0) is 22.4 Å². The zero-order valence-electron chi connectivity index (χ0n) is 16.4. The summed E-state index contributed by atoms with van der Waals surface area (Å²) in [6, 6.07) is 7.09. The number of carbonyl (C=O) groups excluding carboxylic acids is 2. The smallest absolute Gasteiger partial charge is 0.303 e. The number of carboxylic acid groups (broad SMARTS) is 1. The Balaban J connectivity index is 1.78. The molecule has 2 aromatic rings. The van der Waals surface area contributed by atoms with Crippen molar-refractivity contribution in [1.82, 2.24) is 0 Å². The Bertz CT molecular complexity index is 937. The molecule has 7 nitrogen and oxygen atoms in total. The summed E-state index contributed by atoms with van der Waals surface area (Å²) in [5.41, 5.74) is 2.11. The topological polar surface area (TPSA) is 105 Å². The van der Waals surface area contributed by atoms with Crippen molar-refractivity contribution in [1.29, 1.82) is 0 Å². The highest BCUT2D eigenvalue weighted by atomic mass is 32.1. The van der Waals surface area contributed by atoms with E-state index in [0.717, 1.165) is 29.7 Å². The molecule has 0 saturated heterocycles. The average Bonchev–Trinajstić information content (AvgIpc) is 3.21. The van der Waals surface area contributed by atoms with Crippen LogP contribution in [0.1, 0.15) is 47.0 Å². The number of anilines is 2. The van der Waals surface area contributed by atoms with Crippen molar-refractivity contribution < 1.29 is 24.2 Å². The van der Waals surface area contributed by atoms with Gasteiger partial charge in [0, 0.05) is 29.5 Å². The summed E-state index contributed by atoms with van der Waals surface area (Å²) in [5, 5.41) is 15.1. The number of thiophene rings is 1. The number of nitrogens with one attached hydrogen (secondary N) is 2. The van der Waals surface area contributed by atoms with Crippen molar-refractivity contribution in [3.63, 3.8) is 0 Å². The number of hydrogen-bond acceptors (Lipinski definition) is 5. The molecule has 0 radical (unpaired) electrons. The number of carboxylic acids is 1. The summed E-state index contributed by atoms with van der Waals surface area (Å²) in [6.07, 6.45) is 2.70. The zero-order valence-corrected chi connectivity index (χ0v) is 17.2. The molecule has 1 atom stereocenters. The van der Waals surface area contributed by atoms with Gasteiger partial charge in [0.1, 0.15) is 10.8 Å². The Morgan fingerprint density at radius 2 is 2.00 bits per heavy atom. The van der Waals surface area contributed by atoms with Gasteiger partial charge in [-0.1, -0.05) is 13.0 Å². The van der Waals surface area contributed by atoms with Gasteiger partial charge in [-0.05, 0) is 42.9 Å². The predicted octanol–water partition coefficient (Wildman–Crippen LogP) is 3.94. The summed E-state index contributed by atoms with van der Waals surface area (Å²) in [6.45, 7) is 1.72. The van der Waals surface area contributed by atoms with Crippen LogP contribution in [0.4, 0.5) is 10.7 Å². The minimum Gasteiger partial charge on any atom is -0.497 e. The van der Waals surface area contributed by atoms with Gasteiger partial charge in [-0.3, -0.25) is 14.4 Å². The molecule has 1 aromatic carbocycles. The number of benzene rings is 1. The minimum absolute atomic E-state index is 0.0719. The van der Waals surface area contributed by atoms with Crippen molar-refractivity contribution in [2.24, 2.45) is 5.92 Å². The van der Waals surface area contributed by atoms with Crippen molar-refractivity contribution in [2.45, 2.75) is 39.0 Å². The van der Waals surface area contributed by atoms with Crippen LogP contribution in [0.3, 0.4) is 0 Å². The summed E-state index contributed by atoms with van der Waals surface area (Å²) in [4.78, 5) is 37.4. The first-order chi connectivity index (χ1) is 13.9. The summed E-state index contributed by atoms with van der Waals surface area (Å²) in [5.74, 6) is -1.13. The van der Waals surface area contributed by atoms with E-state index in [9.17, 15) is 14.4 Å². The fourth-order valence-electron chi connectivity index (χ4n) is 3.49. The molecular formula is C21H24N2O5S. The molecule has 8 heteroatoms. The Kier molecular flexibility index (Phi) is 6.53. The van der Waals surface area contributed by atoms with Gasteiger partial charge in [0.2, 0.25) is 5.91 Å². The second kappa shape index (κ2) is 9.09. The summed E-state index contributed by atoms with van der Waals surface area (Å²) in [7, 11) is 1.56. The Hall–Kier alpha value is -2.87. The normalized spacial score (nSPS) is 13.4. The Morgan fingerprint density at radius 1 is 1.21 bits per heavy atom. The number of aliphatic carboxylic acids is 1. The first-order valence-electron chi connectivity index (χ1n) is 9.49. The van der Waals surface area contributed by atoms with Gasteiger partial charge in [0.05, 0.1) is 12.7 Å². The number of amides is 2. The van der Waals surface area contributed by atoms with E-state index >= 15 is 0 Å². The van der Waals surface area contributed by atoms with E-state index in [1.54, 1.807) is 38.3 Å². The second-order valence-corrected chi connectivity index (χ2v) is 8.31. The quantitative estimate of drug-likeness (QED) is 0.605. The molecule has 3 rings (SSSR count). The lowest BCUT2D eigenvalue weighted by molar-refractivity contribution is -0.138. The highest BCUT2D eigenvalue weighted by Crippen LogP contribution is 2.39. The fraction of sp³-hybridized carbons (Fsp3) is 0.381. The summed E-state index contributed by atoms with van der Waals surface area (Å²) >= 11 is 1.43. The molecule has 0 aliphatic heterocycles. The van der Waals surface area contributed by atoms with Crippen LogP contribution in [0.2, 0.25) is 0 Å². The first kappa shape index (κ1) is 20.9. The standard InChI is InChI=1S/C21H24N2O5S/c1-12(10-18(25)26)9-17(24)23-21-19(15-7-4-8-16(15)29-21)20(27)22-13-5-3-6-14(11-13)28-2/h3,5-6,11-12H,4,7-10H2,1-2H3,(H,22,27)(H,23,24)(H,25,26)/t12-/m0/s1. The van der Waals surface area contributed by atoms with Gasteiger partial charge >= 0.3 is 5.97 Å². The molecule has 2 amide bonds. The van der Waals surface area contributed by atoms with Crippen LogP contribution in [0.5, 0.6) is 5.75 Å². The largest absolute Gasteiger partial charge is 0.497 e. The maximum atomic E-state index is 13.0. The molecule has 0 fully saturated rings. The molecule has 1 aliphatic rings. The van der Waals surface area contributed by atoms with Gasteiger partial charge in [-0.15, -0.1) is 11.3 Å². The van der Waals surface area contributed by atoms with E-state index in [-0.39, 0.29) is 30.6 Å². The first-order valence-corrected chi connectivity index (χ1v) is 10.3. The molecule has 29 heavy (non-hydrogen) atoms. The van der Waals surface area contributed by atoms with E-state index in [0.29, 0.717) is 22.0 Å². The minimum atomic E-state index is -0.932.